The second-order valence-electron chi connectivity index (χ2n) is 6.28. The molecule has 1 amide bonds. The lowest BCUT2D eigenvalue weighted by molar-refractivity contribution is -0.253. The molecule has 2 saturated heterocycles. The molecule has 0 spiro atoms. The molecule has 5 atom stereocenters. The lowest BCUT2D eigenvalue weighted by atomic mass is 9.65. The van der Waals surface area contributed by atoms with Gasteiger partial charge >= 0.3 is 0 Å². The fraction of sp³-hybridized carbons (Fsp3) is 0.750. The third-order valence-electron chi connectivity index (χ3n) is 5.35. The van der Waals surface area contributed by atoms with Crippen LogP contribution in [0.25, 0.3) is 0 Å². The Morgan fingerprint density at radius 2 is 2.27 bits per heavy atom. The molecule has 0 aromatic heterocycles. The van der Waals surface area contributed by atoms with Crippen molar-refractivity contribution in [1.82, 2.24) is 5.32 Å². The van der Waals surface area contributed by atoms with Crippen molar-refractivity contribution in [2.75, 3.05) is 13.7 Å². The van der Waals surface area contributed by atoms with Crippen molar-refractivity contribution in [3.63, 3.8) is 0 Å². The zero-order valence-electron chi connectivity index (χ0n) is 13.1. The van der Waals surface area contributed by atoms with E-state index in [-0.39, 0.29) is 18.2 Å². The van der Waals surface area contributed by atoms with Gasteiger partial charge < -0.3 is 25.1 Å². The molecule has 0 radical (unpaired) electrons. The zero-order chi connectivity index (χ0) is 16.4. The molecule has 0 aromatic rings. The molecule has 1 unspecified atom stereocenters. The van der Waals surface area contributed by atoms with Gasteiger partial charge in [0.05, 0.1) is 18.6 Å². The highest BCUT2D eigenvalue weighted by Crippen LogP contribution is 2.52. The van der Waals surface area contributed by atoms with Gasteiger partial charge in [0.1, 0.15) is 17.4 Å². The van der Waals surface area contributed by atoms with Crippen LogP contribution in [0.2, 0.25) is 0 Å². The minimum absolute atomic E-state index is 0.0438. The first kappa shape index (κ1) is 17.1. The first-order chi connectivity index (χ1) is 10.5. The van der Waals surface area contributed by atoms with Crippen molar-refractivity contribution in [3.8, 4) is 0 Å². The standard InChI is InChI=1S/C15H21NO4.CH4O/c1-14-11(7-8-17)13(19)16-15(14,9-20-14)12(18)10-5-3-2-4-6-10;1-2/h3,5,8,10-12,18H,2,4,6-7,9H2,1H3,(H,16,19);2H,1H3/t10?,11-,12+,14-,15+;/m0./s1. The topological polar surface area (TPSA) is 95.9 Å². The van der Waals surface area contributed by atoms with Gasteiger partial charge in [-0.2, -0.15) is 0 Å². The lowest BCUT2D eigenvalue weighted by Gasteiger charge is -2.57. The maximum Gasteiger partial charge on any atom is 0.227 e. The maximum absolute atomic E-state index is 12.1. The van der Waals surface area contributed by atoms with E-state index in [9.17, 15) is 14.7 Å². The first-order valence-corrected chi connectivity index (χ1v) is 7.74. The SMILES string of the molecule is CO.C[C@@]12OC[C@]1([C@H](O)C1C=CCCC1)NC(=O)[C@@H]2CC=O. The monoisotopic (exact) mass is 311 g/mol. The summed E-state index contributed by atoms with van der Waals surface area (Å²) in [6.45, 7) is 2.15. The number of aliphatic hydroxyl groups is 2. The number of allylic oxidation sites excluding steroid dienone is 1. The van der Waals surface area contributed by atoms with E-state index in [1.54, 1.807) is 0 Å². The summed E-state index contributed by atoms with van der Waals surface area (Å²) in [7, 11) is 1.00. The van der Waals surface area contributed by atoms with E-state index in [0.29, 0.717) is 6.61 Å². The van der Waals surface area contributed by atoms with Crippen LogP contribution in [-0.2, 0) is 14.3 Å². The van der Waals surface area contributed by atoms with Crippen LogP contribution in [-0.4, -0.2) is 53.4 Å². The van der Waals surface area contributed by atoms with Crippen LogP contribution in [0.4, 0.5) is 0 Å². The van der Waals surface area contributed by atoms with Gasteiger partial charge in [0, 0.05) is 19.4 Å². The number of hydrogen-bond acceptors (Lipinski definition) is 5. The Morgan fingerprint density at radius 1 is 1.55 bits per heavy atom. The average molecular weight is 311 g/mol. The zero-order valence-corrected chi connectivity index (χ0v) is 13.1. The average Bonchev–Trinajstić information content (AvgIpc) is 2.70. The second kappa shape index (κ2) is 6.48. The second-order valence-corrected chi connectivity index (χ2v) is 6.28. The number of carbonyl (C=O) groups is 2. The number of carbonyl (C=O) groups excluding carboxylic acids is 2. The van der Waals surface area contributed by atoms with E-state index >= 15 is 0 Å². The van der Waals surface area contributed by atoms with E-state index in [2.05, 4.69) is 11.4 Å². The van der Waals surface area contributed by atoms with Gasteiger partial charge in [-0.25, -0.2) is 0 Å². The minimum Gasteiger partial charge on any atom is -0.400 e. The third kappa shape index (κ3) is 2.30. The highest BCUT2D eigenvalue weighted by Gasteiger charge is 2.72. The molecule has 22 heavy (non-hydrogen) atoms. The first-order valence-electron chi connectivity index (χ1n) is 7.74. The van der Waals surface area contributed by atoms with Crippen LogP contribution in [0.1, 0.15) is 32.6 Å². The molecule has 0 aromatic carbocycles. The summed E-state index contributed by atoms with van der Waals surface area (Å²) in [4.78, 5) is 22.9. The molecule has 0 saturated carbocycles. The van der Waals surface area contributed by atoms with Gasteiger partial charge in [-0.3, -0.25) is 4.79 Å². The molecule has 3 aliphatic rings. The lowest BCUT2D eigenvalue weighted by Crippen LogP contribution is -2.77. The largest absolute Gasteiger partial charge is 0.400 e. The predicted octanol–water partition coefficient (Wildman–Crippen LogP) is 0.175. The molecular formula is C16H25NO5. The van der Waals surface area contributed by atoms with E-state index in [0.717, 1.165) is 32.7 Å². The number of fused-ring (bicyclic) bond motifs is 1. The molecule has 1 aliphatic carbocycles. The van der Waals surface area contributed by atoms with E-state index < -0.39 is 23.2 Å². The Hall–Kier alpha value is -1.24. The number of aldehydes is 1. The predicted molar refractivity (Wildman–Crippen MR) is 80.0 cm³/mol. The molecule has 6 nitrogen and oxygen atoms in total. The molecule has 2 fully saturated rings. The summed E-state index contributed by atoms with van der Waals surface area (Å²) in [5.74, 6) is -0.644. The van der Waals surface area contributed by atoms with Crippen LogP contribution >= 0.6 is 0 Å². The number of ether oxygens (including phenoxy) is 1. The quantitative estimate of drug-likeness (QED) is 0.508. The molecule has 2 aliphatic heterocycles. The van der Waals surface area contributed by atoms with E-state index in [1.165, 1.54) is 0 Å². The van der Waals surface area contributed by atoms with E-state index in [1.807, 2.05) is 13.0 Å². The normalized spacial score (nSPS) is 40.6. The molecule has 6 heteroatoms. The Kier molecular flexibility index (Phi) is 5.04. The van der Waals surface area contributed by atoms with Gasteiger partial charge in [-0.15, -0.1) is 0 Å². The molecular weight excluding hydrogens is 286 g/mol. The summed E-state index contributed by atoms with van der Waals surface area (Å²) < 4.78 is 5.67. The molecule has 0 bridgehead atoms. The summed E-state index contributed by atoms with van der Waals surface area (Å²) in [5, 5.41) is 20.7. The van der Waals surface area contributed by atoms with Crippen molar-refractivity contribution in [2.45, 2.75) is 49.9 Å². The highest BCUT2D eigenvalue weighted by molar-refractivity contribution is 5.87. The molecule has 3 N–H and O–H groups in total. The van der Waals surface area contributed by atoms with Crippen molar-refractivity contribution in [1.29, 1.82) is 0 Å². The maximum atomic E-state index is 12.1. The van der Waals surface area contributed by atoms with E-state index in [4.69, 9.17) is 9.84 Å². The Bertz CT molecular complexity index is 465. The van der Waals surface area contributed by atoms with Crippen LogP contribution < -0.4 is 5.32 Å². The highest BCUT2D eigenvalue weighted by atomic mass is 16.5. The van der Waals surface area contributed by atoms with Crippen molar-refractivity contribution < 1.29 is 24.5 Å². The Morgan fingerprint density at radius 3 is 2.77 bits per heavy atom. The van der Waals surface area contributed by atoms with Crippen LogP contribution in [0.5, 0.6) is 0 Å². The van der Waals surface area contributed by atoms with Gasteiger partial charge in [0.15, 0.2) is 0 Å². The van der Waals surface area contributed by atoms with Gasteiger partial charge in [0.25, 0.3) is 0 Å². The molecule has 2 heterocycles. The third-order valence-corrected chi connectivity index (χ3v) is 5.35. The van der Waals surface area contributed by atoms with Crippen LogP contribution in [0, 0.1) is 11.8 Å². The van der Waals surface area contributed by atoms with Gasteiger partial charge in [-0.1, -0.05) is 12.2 Å². The number of amides is 1. The number of hydrogen-bond donors (Lipinski definition) is 3. The number of nitrogens with one attached hydrogen (secondary N) is 1. The summed E-state index contributed by atoms with van der Waals surface area (Å²) in [6, 6.07) is 0. The summed E-state index contributed by atoms with van der Waals surface area (Å²) in [6.07, 6.45) is 7.37. The summed E-state index contributed by atoms with van der Waals surface area (Å²) >= 11 is 0. The Balaban J connectivity index is 0.000000847. The fourth-order valence-corrected chi connectivity index (χ4v) is 3.93. The molecule has 3 rings (SSSR count). The van der Waals surface area contributed by atoms with Gasteiger partial charge in [-0.05, 0) is 26.2 Å². The van der Waals surface area contributed by atoms with Crippen molar-refractivity contribution in [3.05, 3.63) is 12.2 Å². The molecule has 124 valence electrons. The fourth-order valence-electron chi connectivity index (χ4n) is 3.93. The van der Waals surface area contributed by atoms with Gasteiger partial charge in [0.2, 0.25) is 5.91 Å². The number of aliphatic hydroxyl groups excluding tert-OH is 2. The van der Waals surface area contributed by atoms with Crippen molar-refractivity contribution in [2.24, 2.45) is 11.8 Å². The smallest absolute Gasteiger partial charge is 0.227 e. The van der Waals surface area contributed by atoms with Crippen molar-refractivity contribution >= 4 is 12.2 Å². The number of rotatable bonds is 4. The Labute approximate surface area is 130 Å². The van der Waals surface area contributed by atoms with Crippen LogP contribution in [0.3, 0.4) is 0 Å². The summed E-state index contributed by atoms with van der Waals surface area (Å²) in [5.41, 5.74) is -1.53. The van der Waals surface area contributed by atoms with Crippen LogP contribution in [0.15, 0.2) is 12.2 Å². The minimum atomic E-state index is -0.782.